The highest BCUT2D eigenvalue weighted by Crippen LogP contribution is 2.20. The van der Waals surface area contributed by atoms with E-state index in [4.69, 9.17) is 4.74 Å². The Balaban J connectivity index is 1.66. The molecule has 0 bridgehead atoms. The second-order valence-electron chi connectivity index (χ2n) is 6.05. The summed E-state index contributed by atoms with van der Waals surface area (Å²) in [6.45, 7) is 1.10. The largest absolute Gasteiger partial charge is 0.383 e. The first-order chi connectivity index (χ1) is 11.7. The number of hydrogen-bond donors (Lipinski definition) is 1. The molecule has 0 spiro atoms. The van der Waals surface area contributed by atoms with E-state index in [0.717, 1.165) is 35.4 Å². The fourth-order valence-electron chi connectivity index (χ4n) is 3.23. The van der Waals surface area contributed by atoms with Crippen LogP contribution in [0.15, 0.2) is 34.4 Å². The normalized spacial score (nSPS) is 16.6. The van der Waals surface area contributed by atoms with E-state index in [1.165, 1.54) is 0 Å². The zero-order valence-electron chi connectivity index (χ0n) is 13.8. The lowest BCUT2D eigenvalue weighted by atomic mass is 9.91. The SMILES string of the molecule is COCCn1c2c(ccc1=O)CC(NC(=O)Cc1cccs1)CC2. The van der Waals surface area contributed by atoms with E-state index >= 15 is 0 Å². The molecule has 24 heavy (non-hydrogen) atoms. The number of nitrogens with one attached hydrogen (secondary N) is 1. The first-order valence-electron chi connectivity index (χ1n) is 8.19. The molecule has 0 fully saturated rings. The number of carbonyl (C=O) groups excluding carboxylic acids is 1. The van der Waals surface area contributed by atoms with Crippen LogP contribution in [0.25, 0.3) is 0 Å². The lowest BCUT2D eigenvalue weighted by molar-refractivity contribution is -0.121. The minimum Gasteiger partial charge on any atom is -0.383 e. The smallest absolute Gasteiger partial charge is 0.250 e. The average molecular weight is 346 g/mol. The number of ether oxygens (including phenoxy) is 1. The Labute approximate surface area is 145 Å². The molecule has 1 aliphatic rings. The molecule has 2 aromatic rings. The highest BCUT2D eigenvalue weighted by molar-refractivity contribution is 7.10. The van der Waals surface area contributed by atoms with Gasteiger partial charge in [0.1, 0.15) is 0 Å². The minimum absolute atomic E-state index is 0.0194. The number of fused-ring (bicyclic) bond motifs is 1. The Morgan fingerprint density at radius 3 is 3.04 bits per heavy atom. The second-order valence-corrected chi connectivity index (χ2v) is 7.08. The summed E-state index contributed by atoms with van der Waals surface area (Å²) in [7, 11) is 1.64. The van der Waals surface area contributed by atoms with Gasteiger partial charge in [0, 0.05) is 36.3 Å². The molecule has 0 saturated carbocycles. The third-order valence-corrected chi connectivity index (χ3v) is 5.26. The molecule has 128 valence electrons. The van der Waals surface area contributed by atoms with Crippen molar-refractivity contribution in [1.29, 1.82) is 0 Å². The summed E-state index contributed by atoms with van der Waals surface area (Å²) in [5.41, 5.74) is 2.26. The molecule has 1 aliphatic carbocycles. The molecule has 0 aliphatic heterocycles. The predicted molar refractivity (Wildman–Crippen MR) is 94.6 cm³/mol. The second kappa shape index (κ2) is 7.77. The number of hydrogen-bond acceptors (Lipinski definition) is 4. The minimum atomic E-state index is 0.0194. The highest BCUT2D eigenvalue weighted by Gasteiger charge is 2.22. The van der Waals surface area contributed by atoms with Gasteiger partial charge in [-0.3, -0.25) is 9.59 Å². The van der Waals surface area contributed by atoms with E-state index in [9.17, 15) is 9.59 Å². The molecule has 1 atom stereocenters. The number of carbonyl (C=O) groups is 1. The van der Waals surface area contributed by atoms with Crippen molar-refractivity contribution in [2.75, 3.05) is 13.7 Å². The van der Waals surface area contributed by atoms with E-state index in [1.807, 2.05) is 28.1 Å². The van der Waals surface area contributed by atoms with Gasteiger partial charge in [0.25, 0.3) is 5.56 Å². The van der Waals surface area contributed by atoms with Gasteiger partial charge in [-0.25, -0.2) is 0 Å². The van der Waals surface area contributed by atoms with Gasteiger partial charge in [-0.05, 0) is 36.3 Å². The molecule has 0 saturated heterocycles. The van der Waals surface area contributed by atoms with Gasteiger partial charge in [-0.2, -0.15) is 0 Å². The van der Waals surface area contributed by atoms with Crippen molar-refractivity contribution in [1.82, 2.24) is 9.88 Å². The van der Waals surface area contributed by atoms with Crippen LogP contribution in [-0.2, 0) is 35.3 Å². The molecule has 2 heterocycles. The standard InChI is InChI=1S/C18H22N2O3S/c1-23-9-8-20-16-6-5-14(11-13(16)4-7-18(20)22)19-17(21)12-15-3-2-10-24-15/h2-4,7,10,14H,5-6,8-9,11-12H2,1H3,(H,19,21). The Morgan fingerprint density at radius 2 is 2.29 bits per heavy atom. The quantitative estimate of drug-likeness (QED) is 0.867. The van der Waals surface area contributed by atoms with Gasteiger partial charge in [0.05, 0.1) is 13.0 Å². The zero-order valence-corrected chi connectivity index (χ0v) is 14.6. The van der Waals surface area contributed by atoms with Crippen LogP contribution in [-0.4, -0.2) is 30.2 Å². The summed E-state index contributed by atoms with van der Waals surface area (Å²) >= 11 is 1.60. The van der Waals surface area contributed by atoms with Crippen LogP contribution in [0.4, 0.5) is 0 Å². The van der Waals surface area contributed by atoms with Crippen LogP contribution in [0.1, 0.15) is 22.6 Å². The van der Waals surface area contributed by atoms with Crippen molar-refractivity contribution in [3.63, 3.8) is 0 Å². The van der Waals surface area contributed by atoms with Gasteiger partial charge >= 0.3 is 0 Å². The molecule has 3 rings (SSSR count). The Kier molecular flexibility index (Phi) is 5.48. The maximum Gasteiger partial charge on any atom is 0.250 e. The first-order valence-corrected chi connectivity index (χ1v) is 9.07. The lowest BCUT2D eigenvalue weighted by Gasteiger charge is -2.27. The Hall–Kier alpha value is -1.92. The number of rotatable bonds is 6. The van der Waals surface area contributed by atoms with Crippen molar-refractivity contribution in [2.45, 2.75) is 38.3 Å². The number of nitrogens with zero attached hydrogens (tertiary/aromatic N) is 1. The number of methoxy groups -OCH3 is 1. The molecule has 1 amide bonds. The monoisotopic (exact) mass is 346 g/mol. The lowest BCUT2D eigenvalue weighted by Crippen LogP contribution is -2.41. The molecule has 0 aromatic carbocycles. The molecule has 0 radical (unpaired) electrons. The Morgan fingerprint density at radius 1 is 1.42 bits per heavy atom. The first kappa shape index (κ1) is 16.9. The van der Waals surface area contributed by atoms with Crippen LogP contribution >= 0.6 is 11.3 Å². The number of aromatic nitrogens is 1. The molecule has 5 nitrogen and oxygen atoms in total. The number of amides is 1. The van der Waals surface area contributed by atoms with Gasteiger partial charge < -0.3 is 14.6 Å². The third kappa shape index (κ3) is 3.94. The summed E-state index contributed by atoms with van der Waals surface area (Å²) in [5.74, 6) is 0.0682. The van der Waals surface area contributed by atoms with Crippen molar-refractivity contribution in [3.8, 4) is 0 Å². The Bertz CT molecular complexity index is 752. The van der Waals surface area contributed by atoms with E-state index in [-0.39, 0.29) is 17.5 Å². The van der Waals surface area contributed by atoms with E-state index < -0.39 is 0 Å². The summed E-state index contributed by atoms with van der Waals surface area (Å²) in [4.78, 5) is 25.3. The average Bonchev–Trinajstić information content (AvgIpc) is 3.07. The summed E-state index contributed by atoms with van der Waals surface area (Å²) in [6, 6.07) is 7.60. The summed E-state index contributed by atoms with van der Waals surface area (Å²) < 4.78 is 6.91. The third-order valence-electron chi connectivity index (χ3n) is 4.38. The van der Waals surface area contributed by atoms with E-state index in [0.29, 0.717) is 19.6 Å². The van der Waals surface area contributed by atoms with Crippen LogP contribution in [0, 0.1) is 0 Å². The fourth-order valence-corrected chi connectivity index (χ4v) is 3.93. The molecular weight excluding hydrogens is 324 g/mol. The van der Waals surface area contributed by atoms with Crippen molar-refractivity contribution in [2.24, 2.45) is 0 Å². The van der Waals surface area contributed by atoms with E-state index in [1.54, 1.807) is 24.5 Å². The molecule has 6 heteroatoms. The van der Waals surface area contributed by atoms with Crippen LogP contribution < -0.4 is 10.9 Å². The van der Waals surface area contributed by atoms with Crippen molar-refractivity contribution < 1.29 is 9.53 Å². The summed E-state index contributed by atoms with van der Waals surface area (Å²) in [6.07, 6.45) is 2.88. The molecule has 2 aromatic heterocycles. The molecular formula is C18H22N2O3S. The van der Waals surface area contributed by atoms with E-state index in [2.05, 4.69) is 5.32 Å². The fraction of sp³-hybridized carbons (Fsp3) is 0.444. The van der Waals surface area contributed by atoms with Gasteiger partial charge in [0.15, 0.2) is 0 Å². The maximum atomic E-state index is 12.2. The highest BCUT2D eigenvalue weighted by atomic mass is 32.1. The van der Waals surface area contributed by atoms with Crippen LogP contribution in [0.5, 0.6) is 0 Å². The van der Waals surface area contributed by atoms with Gasteiger partial charge in [-0.15, -0.1) is 11.3 Å². The topological polar surface area (TPSA) is 60.3 Å². The zero-order chi connectivity index (χ0) is 16.9. The molecule has 1 N–H and O–H groups in total. The molecule has 1 unspecified atom stereocenters. The van der Waals surface area contributed by atoms with Gasteiger partial charge in [0.2, 0.25) is 5.91 Å². The van der Waals surface area contributed by atoms with Gasteiger partial charge in [-0.1, -0.05) is 12.1 Å². The predicted octanol–water partition coefficient (Wildman–Crippen LogP) is 1.77. The maximum absolute atomic E-state index is 12.2. The summed E-state index contributed by atoms with van der Waals surface area (Å²) in [5, 5.41) is 5.12. The van der Waals surface area contributed by atoms with Crippen LogP contribution in [0.2, 0.25) is 0 Å². The van der Waals surface area contributed by atoms with Crippen molar-refractivity contribution >= 4 is 17.2 Å². The number of pyridine rings is 1. The van der Waals surface area contributed by atoms with Crippen molar-refractivity contribution in [3.05, 3.63) is 56.1 Å². The number of thiophene rings is 1. The van der Waals surface area contributed by atoms with Crippen LogP contribution in [0.3, 0.4) is 0 Å².